The summed E-state index contributed by atoms with van der Waals surface area (Å²) < 4.78 is 0. The maximum atomic E-state index is 8.81. The molecule has 1 heterocycles. The smallest absolute Gasteiger partial charge is 0.192 e. The van der Waals surface area contributed by atoms with Crippen molar-refractivity contribution in [3.8, 4) is 0 Å². The van der Waals surface area contributed by atoms with E-state index in [1.54, 1.807) is 6.20 Å². The van der Waals surface area contributed by atoms with Gasteiger partial charge in [-0.3, -0.25) is 0 Å². The molecule has 0 atom stereocenters. The van der Waals surface area contributed by atoms with Gasteiger partial charge in [0, 0.05) is 24.6 Å². The lowest BCUT2D eigenvalue weighted by molar-refractivity contribution is 0.318. The van der Waals surface area contributed by atoms with Gasteiger partial charge in [0.05, 0.1) is 0 Å². The number of aromatic nitrogens is 2. The molecule has 0 amide bonds. The summed E-state index contributed by atoms with van der Waals surface area (Å²) >= 11 is 0. The molecular weight excluding hydrogens is 242 g/mol. The number of nitrogens with two attached hydrogens (primary N) is 1. The zero-order valence-corrected chi connectivity index (χ0v) is 10.6. The van der Waals surface area contributed by atoms with Crippen LogP contribution in [-0.2, 0) is 0 Å². The number of anilines is 2. The molecule has 0 aliphatic heterocycles. The molecule has 98 valence electrons. The number of oxime groups is 1. The van der Waals surface area contributed by atoms with Crippen molar-refractivity contribution in [1.82, 2.24) is 9.97 Å². The van der Waals surface area contributed by atoms with Gasteiger partial charge in [-0.1, -0.05) is 23.4 Å². The third kappa shape index (κ3) is 2.62. The van der Waals surface area contributed by atoms with E-state index in [1.165, 1.54) is 6.20 Å². The minimum atomic E-state index is -0.0579. The number of amidine groups is 1. The number of nitrogens with zero attached hydrogens (tertiary/aromatic N) is 4. The molecule has 0 aliphatic carbocycles. The minimum absolute atomic E-state index is 0.0579. The first-order valence-electron chi connectivity index (χ1n) is 5.89. The van der Waals surface area contributed by atoms with Crippen molar-refractivity contribution >= 4 is 17.3 Å². The Morgan fingerprint density at radius 1 is 1.26 bits per heavy atom. The average molecular weight is 257 g/mol. The minimum Gasteiger partial charge on any atom is -0.409 e. The maximum absolute atomic E-state index is 8.81. The fraction of sp³-hybridized carbons (Fsp3) is 0.154. The largest absolute Gasteiger partial charge is 0.409 e. The second kappa shape index (κ2) is 5.81. The van der Waals surface area contributed by atoms with Gasteiger partial charge >= 0.3 is 0 Å². The molecule has 0 bridgehead atoms. The Hall–Kier alpha value is -2.63. The molecule has 0 spiro atoms. The van der Waals surface area contributed by atoms with Crippen LogP contribution in [0.3, 0.4) is 0 Å². The number of rotatable bonds is 4. The number of hydrogen-bond acceptors (Lipinski definition) is 5. The van der Waals surface area contributed by atoms with Crippen LogP contribution in [0.2, 0.25) is 0 Å². The predicted molar refractivity (Wildman–Crippen MR) is 73.7 cm³/mol. The van der Waals surface area contributed by atoms with Crippen LogP contribution in [-0.4, -0.2) is 27.6 Å². The van der Waals surface area contributed by atoms with Crippen LogP contribution in [0.25, 0.3) is 0 Å². The van der Waals surface area contributed by atoms with E-state index in [0.29, 0.717) is 18.1 Å². The first kappa shape index (κ1) is 12.8. The maximum Gasteiger partial charge on any atom is 0.192 e. The van der Waals surface area contributed by atoms with E-state index in [9.17, 15) is 0 Å². The van der Waals surface area contributed by atoms with Crippen molar-refractivity contribution in [2.75, 3.05) is 11.4 Å². The van der Waals surface area contributed by atoms with Gasteiger partial charge in [0.2, 0.25) is 0 Å². The van der Waals surface area contributed by atoms with Crippen molar-refractivity contribution in [2.45, 2.75) is 6.92 Å². The van der Waals surface area contributed by atoms with Gasteiger partial charge < -0.3 is 15.8 Å². The Labute approximate surface area is 111 Å². The molecule has 6 heteroatoms. The third-order valence-electron chi connectivity index (χ3n) is 2.67. The third-order valence-corrected chi connectivity index (χ3v) is 2.67. The SMILES string of the molecule is CCN(c1ccccc1)c1nccnc1C(N)=NO. The summed E-state index contributed by atoms with van der Waals surface area (Å²) in [5.74, 6) is 0.504. The normalized spacial score (nSPS) is 11.3. The first-order chi connectivity index (χ1) is 9.27. The van der Waals surface area contributed by atoms with E-state index in [2.05, 4.69) is 15.1 Å². The van der Waals surface area contributed by atoms with E-state index in [1.807, 2.05) is 42.2 Å². The van der Waals surface area contributed by atoms with Crippen molar-refractivity contribution in [3.63, 3.8) is 0 Å². The van der Waals surface area contributed by atoms with E-state index < -0.39 is 0 Å². The van der Waals surface area contributed by atoms with Crippen LogP contribution in [0.4, 0.5) is 11.5 Å². The molecule has 0 aliphatic rings. The molecule has 6 nitrogen and oxygen atoms in total. The van der Waals surface area contributed by atoms with Gasteiger partial charge in [-0.25, -0.2) is 9.97 Å². The Bertz CT molecular complexity index is 570. The zero-order valence-electron chi connectivity index (χ0n) is 10.6. The van der Waals surface area contributed by atoms with Crippen LogP contribution in [0.1, 0.15) is 12.6 Å². The highest BCUT2D eigenvalue weighted by molar-refractivity contribution is 6.00. The highest BCUT2D eigenvalue weighted by atomic mass is 16.4. The topological polar surface area (TPSA) is 87.6 Å². The van der Waals surface area contributed by atoms with E-state index in [0.717, 1.165) is 5.69 Å². The molecule has 1 aromatic carbocycles. The monoisotopic (exact) mass is 257 g/mol. The summed E-state index contributed by atoms with van der Waals surface area (Å²) in [6.45, 7) is 2.69. The molecule has 19 heavy (non-hydrogen) atoms. The number of para-hydroxylation sites is 1. The highest BCUT2D eigenvalue weighted by Gasteiger charge is 2.16. The van der Waals surface area contributed by atoms with Gasteiger partial charge in [-0.15, -0.1) is 0 Å². The van der Waals surface area contributed by atoms with Gasteiger partial charge in [0.15, 0.2) is 17.3 Å². The van der Waals surface area contributed by atoms with Crippen LogP contribution in [0, 0.1) is 0 Å². The molecule has 0 radical (unpaired) electrons. The van der Waals surface area contributed by atoms with Gasteiger partial charge in [0.25, 0.3) is 0 Å². The Morgan fingerprint density at radius 2 is 1.95 bits per heavy atom. The van der Waals surface area contributed by atoms with Gasteiger partial charge in [-0.05, 0) is 19.1 Å². The van der Waals surface area contributed by atoms with E-state index in [-0.39, 0.29) is 5.84 Å². The summed E-state index contributed by atoms with van der Waals surface area (Å²) in [5, 5.41) is 11.8. The Kier molecular flexibility index (Phi) is 3.92. The lowest BCUT2D eigenvalue weighted by atomic mass is 10.2. The van der Waals surface area contributed by atoms with Crippen molar-refractivity contribution in [2.24, 2.45) is 10.9 Å². The molecule has 0 saturated heterocycles. The van der Waals surface area contributed by atoms with Crippen LogP contribution < -0.4 is 10.6 Å². The molecular formula is C13H15N5O. The fourth-order valence-corrected chi connectivity index (χ4v) is 1.82. The second-order valence-electron chi connectivity index (χ2n) is 3.79. The summed E-state index contributed by atoms with van der Waals surface area (Å²) in [5.41, 5.74) is 6.96. The lowest BCUT2D eigenvalue weighted by Crippen LogP contribution is -2.24. The van der Waals surface area contributed by atoms with Crippen LogP contribution in [0.5, 0.6) is 0 Å². The van der Waals surface area contributed by atoms with Crippen molar-refractivity contribution < 1.29 is 5.21 Å². The number of hydrogen-bond donors (Lipinski definition) is 2. The predicted octanol–water partition coefficient (Wildman–Crippen LogP) is 1.73. The molecule has 3 N–H and O–H groups in total. The average Bonchev–Trinajstić information content (AvgIpc) is 2.49. The summed E-state index contributed by atoms with van der Waals surface area (Å²) in [6.07, 6.45) is 3.09. The van der Waals surface area contributed by atoms with Gasteiger partial charge in [0.1, 0.15) is 0 Å². The zero-order chi connectivity index (χ0) is 13.7. The second-order valence-corrected chi connectivity index (χ2v) is 3.79. The standard InChI is InChI=1S/C13H15N5O/c1-2-18(10-6-4-3-5-7-10)13-11(12(14)17-19)15-8-9-16-13/h3-9,19H,2H2,1H3,(H2,14,17). The Balaban J connectivity index is 2.51. The quantitative estimate of drug-likeness (QED) is 0.377. The van der Waals surface area contributed by atoms with Crippen molar-refractivity contribution in [3.05, 3.63) is 48.4 Å². The van der Waals surface area contributed by atoms with Crippen molar-refractivity contribution in [1.29, 1.82) is 0 Å². The summed E-state index contributed by atoms with van der Waals surface area (Å²) in [6, 6.07) is 9.76. The van der Waals surface area contributed by atoms with E-state index >= 15 is 0 Å². The summed E-state index contributed by atoms with van der Waals surface area (Å²) in [4.78, 5) is 10.4. The highest BCUT2D eigenvalue weighted by Crippen LogP contribution is 2.24. The molecule has 2 rings (SSSR count). The molecule has 0 saturated carbocycles. The molecule has 2 aromatic rings. The lowest BCUT2D eigenvalue weighted by Gasteiger charge is -2.23. The Morgan fingerprint density at radius 3 is 2.58 bits per heavy atom. The van der Waals surface area contributed by atoms with Crippen LogP contribution in [0.15, 0.2) is 47.9 Å². The fourth-order valence-electron chi connectivity index (χ4n) is 1.82. The van der Waals surface area contributed by atoms with E-state index in [4.69, 9.17) is 10.9 Å². The van der Waals surface area contributed by atoms with Crippen LogP contribution >= 0.6 is 0 Å². The number of benzene rings is 1. The van der Waals surface area contributed by atoms with Gasteiger partial charge in [-0.2, -0.15) is 0 Å². The molecule has 0 fully saturated rings. The molecule has 0 unspecified atom stereocenters. The summed E-state index contributed by atoms with van der Waals surface area (Å²) in [7, 11) is 0. The first-order valence-corrected chi connectivity index (χ1v) is 5.89. The molecule has 1 aromatic heterocycles.